The predicted octanol–water partition coefficient (Wildman–Crippen LogP) is 4.71. The lowest BCUT2D eigenvalue weighted by Gasteiger charge is -2.23. The molecule has 1 aliphatic rings. The first kappa shape index (κ1) is 25.1. The second-order valence-electron chi connectivity index (χ2n) is 8.03. The van der Waals surface area contributed by atoms with Gasteiger partial charge in [0.2, 0.25) is 0 Å². The number of aliphatic hydroxyl groups excluding tert-OH is 1. The van der Waals surface area contributed by atoms with Gasteiger partial charge in [-0.05, 0) is 62.2 Å². The molecule has 1 amide bonds. The molecular weight excluding hydrogens is 487 g/mol. The lowest BCUT2D eigenvalue weighted by atomic mass is 9.94. The molecule has 0 spiro atoms. The Morgan fingerprint density at radius 2 is 1.86 bits per heavy atom. The summed E-state index contributed by atoms with van der Waals surface area (Å²) < 4.78 is 24.0. The highest BCUT2D eigenvalue weighted by Gasteiger charge is 2.48. The number of aromatic nitrogens is 1. The van der Waals surface area contributed by atoms with Gasteiger partial charge in [0.1, 0.15) is 22.2 Å². The second-order valence-corrected chi connectivity index (χ2v) is 9.01. The van der Waals surface area contributed by atoms with Crippen LogP contribution in [0.25, 0.3) is 5.76 Å². The third kappa shape index (κ3) is 4.35. The highest BCUT2D eigenvalue weighted by Crippen LogP contribution is 2.44. The van der Waals surface area contributed by atoms with Gasteiger partial charge < -0.3 is 14.6 Å². The summed E-state index contributed by atoms with van der Waals surface area (Å²) in [5, 5.41) is 11.4. The number of rotatable bonds is 6. The predicted molar refractivity (Wildman–Crippen MR) is 132 cm³/mol. The number of benzene rings is 2. The van der Waals surface area contributed by atoms with Crippen LogP contribution in [0.5, 0.6) is 5.75 Å². The van der Waals surface area contributed by atoms with Crippen LogP contribution in [0.2, 0.25) is 0 Å². The van der Waals surface area contributed by atoms with Crippen molar-refractivity contribution in [1.82, 2.24) is 4.98 Å². The largest absolute Gasteiger partial charge is 0.507 e. The van der Waals surface area contributed by atoms with Gasteiger partial charge in [-0.2, -0.15) is 0 Å². The molecule has 1 atom stereocenters. The maximum absolute atomic E-state index is 13.7. The number of aliphatic hydroxyl groups is 1. The van der Waals surface area contributed by atoms with Gasteiger partial charge in [0.05, 0.1) is 31.0 Å². The number of aryl methyl sites for hydroxylation is 2. The summed E-state index contributed by atoms with van der Waals surface area (Å²) in [5.41, 5.74) is 1.49. The number of Topliss-reactive ketones (excluding diaryl/α,β-unsaturated/α-hetero) is 1. The van der Waals surface area contributed by atoms with Crippen molar-refractivity contribution in [3.63, 3.8) is 0 Å². The van der Waals surface area contributed by atoms with Crippen LogP contribution in [0.15, 0.2) is 48.0 Å². The van der Waals surface area contributed by atoms with Crippen molar-refractivity contribution in [3.8, 4) is 5.75 Å². The van der Waals surface area contributed by atoms with Crippen LogP contribution >= 0.6 is 11.3 Å². The number of carbonyl (C=O) groups excluding carboxylic acids is 3. The summed E-state index contributed by atoms with van der Waals surface area (Å²) in [5.74, 6) is -2.78. The molecule has 1 N–H and O–H groups in total. The van der Waals surface area contributed by atoms with Gasteiger partial charge in [0.25, 0.3) is 5.78 Å². The van der Waals surface area contributed by atoms with Crippen molar-refractivity contribution in [1.29, 1.82) is 0 Å². The molecule has 186 valence electrons. The molecular formula is C26H23FN2O6S. The third-order valence-corrected chi connectivity index (χ3v) is 6.91. The molecule has 0 radical (unpaired) electrons. The van der Waals surface area contributed by atoms with E-state index in [-0.39, 0.29) is 27.9 Å². The fourth-order valence-corrected chi connectivity index (χ4v) is 5.02. The van der Waals surface area contributed by atoms with Gasteiger partial charge in [-0.3, -0.25) is 14.5 Å². The SMILES string of the molecule is CCOC(=O)c1sc(N2C(=O)C(=O)C(=C(O)c3ccc(OC)cc3C)[C@@H]2c2ccc(F)cc2)nc1C. The number of hydrogen-bond donors (Lipinski definition) is 1. The van der Waals surface area contributed by atoms with Crippen molar-refractivity contribution in [2.24, 2.45) is 0 Å². The molecule has 1 fully saturated rings. The van der Waals surface area contributed by atoms with Crippen LogP contribution in [0.3, 0.4) is 0 Å². The number of amides is 1. The molecule has 1 saturated heterocycles. The maximum atomic E-state index is 13.7. The number of anilines is 1. The monoisotopic (exact) mass is 510 g/mol. The van der Waals surface area contributed by atoms with Gasteiger partial charge in [0, 0.05) is 5.56 Å². The second kappa shape index (κ2) is 9.90. The summed E-state index contributed by atoms with van der Waals surface area (Å²) in [6.07, 6.45) is 0. The Morgan fingerprint density at radius 3 is 2.47 bits per heavy atom. The number of nitrogens with zero attached hydrogens (tertiary/aromatic N) is 2. The molecule has 8 nitrogen and oxygen atoms in total. The number of esters is 1. The third-order valence-electron chi connectivity index (χ3n) is 5.77. The first-order valence-corrected chi connectivity index (χ1v) is 11.9. The summed E-state index contributed by atoms with van der Waals surface area (Å²) in [6.45, 7) is 5.16. The van der Waals surface area contributed by atoms with Gasteiger partial charge in [0.15, 0.2) is 5.13 Å². The number of thiazole rings is 1. The highest BCUT2D eigenvalue weighted by molar-refractivity contribution is 7.17. The van der Waals surface area contributed by atoms with Crippen molar-refractivity contribution in [3.05, 3.63) is 81.1 Å². The van der Waals surface area contributed by atoms with Crippen LogP contribution in [-0.2, 0) is 14.3 Å². The topological polar surface area (TPSA) is 106 Å². The molecule has 36 heavy (non-hydrogen) atoms. The maximum Gasteiger partial charge on any atom is 0.350 e. The van der Waals surface area contributed by atoms with E-state index in [1.807, 2.05) is 0 Å². The van der Waals surface area contributed by atoms with Crippen LogP contribution in [0.1, 0.15) is 45.0 Å². The van der Waals surface area contributed by atoms with E-state index in [1.54, 1.807) is 39.0 Å². The van der Waals surface area contributed by atoms with Crippen LogP contribution < -0.4 is 9.64 Å². The number of ketones is 1. The summed E-state index contributed by atoms with van der Waals surface area (Å²) in [7, 11) is 1.51. The quantitative estimate of drug-likeness (QED) is 0.222. The smallest absolute Gasteiger partial charge is 0.350 e. The standard InChI is InChI=1S/C26H23FN2O6S/c1-5-35-25(33)23-14(3)28-26(36-23)29-20(15-6-8-16(27)9-7-15)19(22(31)24(29)32)21(30)18-11-10-17(34-4)12-13(18)2/h6-12,20,30H,5H2,1-4H3/t20-/m0/s1. The average Bonchev–Trinajstić information content (AvgIpc) is 3.36. The van der Waals surface area contributed by atoms with Crippen LogP contribution in [-0.4, -0.2) is 41.5 Å². The minimum atomic E-state index is -1.10. The molecule has 1 aromatic heterocycles. The van der Waals surface area contributed by atoms with E-state index < -0.39 is 29.5 Å². The highest BCUT2D eigenvalue weighted by atomic mass is 32.1. The minimum Gasteiger partial charge on any atom is -0.507 e. The first-order valence-electron chi connectivity index (χ1n) is 11.0. The normalized spacial score (nSPS) is 16.9. The fourth-order valence-electron chi connectivity index (χ4n) is 4.04. The zero-order chi connectivity index (χ0) is 26.1. The van der Waals surface area contributed by atoms with E-state index in [4.69, 9.17) is 9.47 Å². The lowest BCUT2D eigenvalue weighted by molar-refractivity contribution is -0.132. The molecule has 1 aliphatic heterocycles. The van der Waals surface area contributed by atoms with Gasteiger partial charge in [-0.1, -0.05) is 23.5 Å². The van der Waals surface area contributed by atoms with Crippen LogP contribution in [0.4, 0.5) is 9.52 Å². The summed E-state index contributed by atoms with van der Waals surface area (Å²) in [4.78, 5) is 44.6. The van der Waals surface area contributed by atoms with E-state index in [0.717, 1.165) is 16.2 Å². The summed E-state index contributed by atoms with van der Waals surface area (Å²) >= 11 is 0.902. The molecule has 0 aliphatic carbocycles. The Hall–Kier alpha value is -4.05. The first-order chi connectivity index (χ1) is 17.2. The molecule has 0 saturated carbocycles. The fraction of sp³-hybridized carbons (Fsp3) is 0.231. The molecule has 3 aromatic rings. The van der Waals surface area contributed by atoms with Gasteiger partial charge in [-0.25, -0.2) is 14.2 Å². The number of methoxy groups -OCH3 is 1. The molecule has 4 rings (SSSR count). The zero-order valence-corrected chi connectivity index (χ0v) is 20.8. The number of carbonyl (C=O) groups is 3. The van der Waals surface area contributed by atoms with E-state index in [0.29, 0.717) is 28.1 Å². The molecule has 0 bridgehead atoms. The van der Waals surface area contributed by atoms with Crippen LogP contribution in [0, 0.1) is 19.7 Å². The number of hydrogen-bond acceptors (Lipinski definition) is 8. The Labute approximate surface area is 210 Å². The summed E-state index contributed by atoms with van der Waals surface area (Å²) in [6, 6.07) is 9.06. The zero-order valence-electron chi connectivity index (χ0n) is 20.0. The minimum absolute atomic E-state index is 0.0810. The van der Waals surface area contributed by atoms with Crippen molar-refractivity contribution in [2.45, 2.75) is 26.8 Å². The molecule has 10 heteroatoms. The number of halogens is 1. The van der Waals surface area contributed by atoms with Gasteiger partial charge in [-0.15, -0.1) is 0 Å². The van der Waals surface area contributed by atoms with Gasteiger partial charge >= 0.3 is 11.9 Å². The van der Waals surface area contributed by atoms with E-state index >= 15 is 0 Å². The Bertz CT molecular complexity index is 1400. The Balaban J connectivity index is 1.92. The average molecular weight is 511 g/mol. The van der Waals surface area contributed by atoms with E-state index in [2.05, 4.69) is 4.98 Å². The molecule has 2 heterocycles. The Kier molecular flexibility index (Phi) is 6.89. The van der Waals surface area contributed by atoms with E-state index in [1.165, 1.54) is 31.4 Å². The Morgan fingerprint density at radius 1 is 1.17 bits per heavy atom. The molecule has 2 aromatic carbocycles. The molecule has 0 unspecified atom stereocenters. The van der Waals surface area contributed by atoms with Crippen molar-refractivity contribution in [2.75, 3.05) is 18.6 Å². The van der Waals surface area contributed by atoms with Crippen molar-refractivity contribution < 1.29 is 33.4 Å². The van der Waals surface area contributed by atoms with E-state index in [9.17, 15) is 23.9 Å². The van der Waals surface area contributed by atoms with Crippen molar-refractivity contribution >= 4 is 39.9 Å². The number of ether oxygens (including phenoxy) is 2. The lowest BCUT2D eigenvalue weighted by Crippen LogP contribution is -2.29.